The second kappa shape index (κ2) is 13.7. The molecular weight excluding hydrogens is 577 g/mol. The Kier molecular flexibility index (Phi) is 10.6. The molecule has 42 heavy (non-hydrogen) atoms. The highest BCUT2D eigenvalue weighted by atomic mass is 32.2. The summed E-state index contributed by atoms with van der Waals surface area (Å²) in [5, 5.41) is 30.9. The first-order chi connectivity index (χ1) is 19.8. The second-order valence-electron chi connectivity index (χ2n) is 11.5. The lowest BCUT2D eigenvalue weighted by Gasteiger charge is -2.23. The molecule has 0 amide bonds. The fourth-order valence-corrected chi connectivity index (χ4v) is 9.16. The quantitative estimate of drug-likeness (QED) is 0.154. The number of phenolic OH excluding ortho intramolecular Hbond substituents is 3. The molecule has 4 aromatic rings. The molecule has 0 aromatic heterocycles. The average Bonchev–Trinajstić information content (AvgIpc) is 2.92. The maximum atomic E-state index is 10.3. The molecule has 0 bridgehead atoms. The summed E-state index contributed by atoms with van der Waals surface area (Å²) in [6.45, 7) is 16.1. The standard InChI is InChI=1S/C36H42O3S3/c1-20-9-21(2)33(19-42-31-15-26(7)36(39)27(8)16-31)32(10-20)28(17-40-29-11-22(3)34(37)23(4)12-29)18-41-30-13-24(5)35(38)25(6)14-30/h9-16,28,37-39H,17-19H2,1-8H3. The Labute approximate surface area is 264 Å². The minimum absolute atomic E-state index is 0.279. The highest BCUT2D eigenvalue weighted by Crippen LogP contribution is 2.40. The number of aryl methyl sites for hydroxylation is 8. The Bertz CT molecular complexity index is 1480. The zero-order valence-electron chi connectivity index (χ0n) is 25.9. The Morgan fingerprint density at radius 1 is 0.476 bits per heavy atom. The van der Waals surface area contributed by atoms with Gasteiger partial charge in [0.2, 0.25) is 0 Å². The maximum absolute atomic E-state index is 10.3. The summed E-state index contributed by atoms with van der Waals surface area (Å²) in [6.07, 6.45) is 0. The van der Waals surface area contributed by atoms with E-state index in [0.717, 1.165) is 50.6 Å². The van der Waals surface area contributed by atoms with Gasteiger partial charge < -0.3 is 15.3 Å². The number of benzene rings is 4. The molecule has 0 aliphatic heterocycles. The van der Waals surface area contributed by atoms with Crippen LogP contribution in [0.25, 0.3) is 0 Å². The Morgan fingerprint density at radius 2 is 0.833 bits per heavy atom. The van der Waals surface area contributed by atoms with Crippen LogP contribution in [0.15, 0.2) is 63.2 Å². The lowest BCUT2D eigenvalue weighted by Crippen LogP contribution is -2.10. The summed E-state index contributed by atoms with van der Waals surface area (Å²) in [5.41, 5.74) is 10.7. The van der Waals surface area contributed by atoms with Crippen molar-refractivity contribution in [1.82, 2.24) is 0 Å². The third-order valence-electron chi connectivity index (χ3n) is 7.77. The molecule has 0 atom stereocenters. The number of thioether (sulfide) groups is 3. The third-order valence-corrected chi connectivity index (χ3v) is 11.0. The number of hydrogen-bond acceptors (Lipinski definition) is 6. The van der Waals surface area contributed by atoms with Crippen LogP contribution in [0.1, 0.15) is 61.6 Å². The Balaban J connectivity index is 1.68. The molecule has 222 valence electrons. The molecule has 3 nitrogen and oxygen atoms in total. The predicted octanol–water partition coefficient (Wildman–Crippen LogP) is 10.2. The number of hydrogen-bond donors (Lipinski definition) is 3. The molecular formula is C36H42O3S3. The van der Waals surface area contributed by atoms with Crippen LogP contribution in [-0.2, 0) is 5.75 Å². The van der Waals surface area contributed by atoms with Gasteiger partial charge in [0.05, 0.1) is 0 Å². The molecule has 4 rings (SSSR count). The first-order valence-electron chi connectivity index (χ1n) is 14.2. The maximum Gasteiger partial charge on any atom is 0.121 e. The van der Waals surface area contributed by atoms with Crippen LogP contribution in [0.5, 0.6) is 17.2 Å². The van der Waals surface area contributed by atoms with Crippen LogP contribution < -0.4 is 0 Å². The van der Waals surface area contributed by atoms with Crippen molar-refractivity contribution in [2.75, 3.05) is 11.5 Å². The van der Waals surface area contributed by atoms with E-state index < -0.39 is 0 Å². The van der Waals surface area contributed by atoms with Crippen LogP contribution in [0.2, 0.25) is 0 Å². The van der Waals surface area contributed by atoms with Gasteiger partial charge >= 0.3 is 0 Å². The smallest absolute Gasteiger partial charge is 0.121 e. The van der Waals surface area contributed by atoms with Gasteiger partial charge in [-0.15, -0.1) is 35.3 Å². The van der Waals surface area contributed by atoms with Crippen molar-refractivity contribution in [2.24, 2.45) is 0 Å². The zero-order chi connectivity index (χ0) is 30.7. The fraction of sp³-hybridized carbons (Fsp3) is 0.333. The summed E-state index contributed by atoms with van der Waals surface area (Å²) in [4.78, 5) is 3.51. The summed E-state index contributed by atoms with van der Waals surface area (Å²) in [6, 6.07) is 17.1. The van der Waals surface area contributed by atoms with Crippen LogP contribution in [0.3, 0.4) is 0 Å². The first kappa shape index (κ1) is 32.2. The Hall–Kier alpha value is -2.67. The van der Waals surface area contributed by atoms with Gasteiger partial charge in [0.15, 0.2) is 0 Å². The van der Waals surface area contributed by atoms with Crippen molar-refractivity contribution in [2.45, 2.75) is 81.7 Å². The second-order valence-corrected chi connectivity index (χ2v) is 14.7. The molecule has 0 aliphatic rings. The van der Waals surface area contributed by atoms with Crippen LogP contribution >= 0.6 is 35.3 Å². The molecule has 0 radical (unpaired) electrons. The summed E-state index contributed by atoms with van der Waals surface area (Å²) in [5.74, 6) is 4.07. The molecule has 0 fully saturated rings. The van der Waals surface area contributed by atoms with Crippen LogP contribution in [-0.4, -0.2) is 26.8 Å². The van der Waals surface area contributed by atoms with E-state index in [1.807, 2.05) is 76.8 Å². The molecule has 4 aromatic carbocycles. The molecule has 6 heteroatoms. The Morgan fingerprint density at radius 3 is 1.21 bits per heavy atom. The zero-order valence-corrected chi connectivity index (χ0v) is 28.3. The third kappa shape index (κ3) is 7.64. The summed E-state index contributed by atoms with van der Waals surface area (Å²) >= 11 is 5.51. The van der Waals surface area contributed by atoms with Gasteiger partial charge in [0.25, 0.3) is 0 Å². The lowest BCUT2D eigenvalue weighted by atomic mass is 9.92. The van der Waals surface area contributed by atoms with Gasteiger partial charge in [0, 0.05) is 37.9 Å². The van der Waals surface area contributed by atoms with E-state index in [2.05, 4.69) is 62.4 Å². The van der Waals surface area contributed by atoms with E-state index in [9.17, 15) is 15.3 Å². The molecule has 3 N–H and O–H groups in total. The minimum Gasteiger partial charge on any atom is -0.507 e. The predicted molar refractivity (Wildman–Crippen MR) is 182 cm³/mol. The van der Waals surface area contributed by atoms with Crippen molar-refractivity contribution in [3.05, 3.63) is 104 Å². The summed E-state index contributed by atoms with van der Waals surface area (Å²) < 4.78 is 0. The van der Waals surface area contributed by atoms with E-state index in [4.69, 9.17) is 0 Å². The molecule has 0 heterocycles. The van der Waals surface area contributed by atoms with Crippen LogP contribution in [0, 0.1) is 55.4 Å². The average molecular weight is 619 g/mol. The van der Waals surface area contributed by atoms with Crippen molar-refractivity contribution < 1.29 is 15.3 Å². The molecule has 0 saturated carbocycles. The first-order valence-corrected chi connectivity index (χ1v) is 17.2. The van der Waals surface area contributed by atoms with Gasteiger partial charge in [-0.3, -0.25) is 0 Å². The van der Waals surface area contributed by atoms with E-state index in [1.54, 1.807) is 0 Å². The number of aromatic hydroxyl groups is 3. The molecule has 0 spiro atoms. The van der Waals surface area contributed by atoms with Gasteiger partial charge in [-0.05, 0) is 142 Å². The minimum atomic E-state index is 0.279. The topological polar surface area (TPSA) is 60.7 Å². The largest absolute Gasteiger partial charge is 0.507 e. The van der Waals surface area contributed by atoms with E-state index in [-0.39, 0.29) is 5.92 Å². The van der Waals surface area contributed by atoms with E-state index >= 15 is 0 Å². The van der Waals surface area contributed by atoms with Crippen LogP contribution in [0.4, 0.5) is 0 Å². The fourth-order valence-electron chi connectivity index (χ4n) is 5.37. The number of rotatable bonds is 10. The number of phenols is 3. The van der Waals surface area contributed by atoms with Gasteiger partial charge in [-0.25, -0.2) is 0 Å². The summed E-state index contributed by atoms with van der Waals surface area (Å²) in [7, 11) is 0. The lowest BCUT2D eigenvalue weighted by molar-refractivity contribution is 0.466. The van der Waals surface area contributed by atoms with Gasteiger partial charge in [0.1, 0.15) is 17.2 Å². The van der Waals surface area contributed by atoms with Crippen molar-refractivity contribution in [3.63, 3.8) is 0 Å². The van der Waals surface area contributed by atoms with E-state index in [0.29, 0.717) is 17.2 Å². The highest BCUT2D eigenvalue weighted by Gasteiger charge is 2.20. The normalized spacial score (nSPS) is 11.5. The van der Waals surface area contributed by atoms with Crippen molar-refractivity contribution >= 4 is 35.3 Å². The molecule has 0 saturated heterocycles. The monoisotopic (exact) mass is 618 g/mol. The van der Waals surface area contributed by atoms with Gasteiger partial charge in [-0.2, -0.15) is 0 Å². The van der Waals surface area contributed by atoms with Crippen molar-refractivity contribution in [3.8, 4) is 17.2 Å². The molecule has 0 unspecified atom stereocenters. The SMILES string of the molecule is Cc1cc(C)c(CSc2cc(C)c(O)c(C)c2)c(C(CSc2cc(C)c(O)c(C)c2)CSc2cc(C)c(O)c(C)c2)c1. The van der Waals surface area contributed by atoms with Gasteiger partial charge in [-0.1, -0.05) is 17.7 Å². The van der Waals surface area contributed by atoms with E-state index in [1.165, 1.54) is 36.9 Å². The highest BCUT2D eigenvalue weighted by molar-refractivity contribution is 8.00. The molecule has 0 aliphatic carbocycles. The van der Waals surface area contributed by atoms with Crippen molar-refractivity contribution in [1.29, 1.82) is 0 Å².